The number of nitrogens with one attached hydrogen (secondary N) is 2. The molecule has 38 heavy (non-hydrogen) atoms. The molecule has 0 spiro atoms. The lowest BCUT2D eigenvalue weighted by atomic mass is 9.99. The number of amides is 1. The lowest BCUT2D eigenvalue weighted by Gasteiger charge is -2.13. The molecule has 9 heteroatoms. The van der Waals surface area contributed by atoms with Crippen LogP contribution in [0.25, 0.3) is 22.2 Å². The van der Waals surface area contributed by atoms with E-state index >= 15 is 0 Å². The molecular weight excluding hydrogens is 498 g/mol. The predicted octanol–water partition coefficient (Wildman–Crippen LogP) is 5.67. The highest BCUT2D eigenvalue weighted by molar-refractivity contribution is 7.92. The van der Waals surface area contributed by atoms with E-state index in [0.717, 1.165) is 22.1 Å². The zero-order chi connectivity index (χ0) is 26.9. The van der Waals surface area contributed by atoms with Crippen molar-refractivity contribution in [1.82, 2.24) is 15.0 Å². The van der Waals surface area contributed by atoms with Crippen molar-refractivity contribution in [2.75, 3.05) is 10.0 Å². The van der Waals surface area contributed by atoms with E-state index < -0.39 is 10.0 Å². The van der Waals surface area contributed by atoms with Gasteiger partial charge in [0, 0.05) is 28.5 Å². The van der Waals surface area contributed by atoms with Gasteiger partial charge in [-0.1, -0.05) is 42.0 Å². The number of para-hydroxylation sites is 1. The Balaban J connectivity index is 1.43. The molecule has 0 aliphatic carbocycles. The largest absolute Gasteiger partial charge is 0.322 e. The summed E-state index contributed by atoms with van der Waals surface area (Å²) in [5, 5.41) is 3.60. The molecular formula is C29H25N5O3S. The molecule has 3 aromatic carbocycles. The number of nitrogens with zero attached hydrogens (tertiary/aromatic N) is 3. The van der Waals surface area contributed by atoms with Gasteiger partial charge in [-0.3, -0.25) is 4.79 Å². The molecule has 0 radical (unpaired) electrons. The quantitative estimate of drug-likeness (QED) is 0.296. The van der Waals surface area contributed by atoms with Gasteiger partial charge in [0.25, 0.3) is 15.9 Å². The number of benzene rings is 3. The molecule has 190 valence electrons. The summed E-state index contributed by atoms with van der Waals surface area (Å²) >= 11 is 0. The lowest BCUT2D eigenvalue weighted by Crippen LogP contribution is -2.16. The summed E-state index contributed by atoms with van der Waals surface area (Å²) in [6.07, 6.45) is 1.48. The first kappa shape index (κ1) is 25.0. The highest BCUT2D eigenvalue weighted by Crippen LogP contribution is 2.28. The number of hydrogen-bond donors (Lipinski definition) is 2. The van der Waals surface area contributed by atoms with Gasteiger partial charge in [-0.25, -0.2) is 28.1 Å². The van der Waals surface area contributed by atoms with Gasteiger partial charge >= 0.3 is 0 Å². The molecule has 8 nitrogen and oxygen atoms in total. The van der Waals surface area contributed by atoms with Crippen LogP contribution in [0.2, 0.25) is 0 Å². The van der Waals surface area contributed by atoms with Gasteiger partial charge in [-0.2, -0.15) is 0 Å². The third kappa shape index (κ3) is 5.23. The molecule has 0 aliphatic rings. The van der Waals surface area contributed by atoms with E-state index in [2.05, 4.69) is 26.1 Å². The van der Waals surface area contributed by atoms with Gasteiger partial charge in [0.1, 0.15) is 0 Å². The summed E-state index contributed by atoms with van der Waals surface area (Å²) in [5.74, 6) is -0.330. The predicted molar refractivity (Wildman–Crippen MR) is 149 cm³/mol. The summed E-state index contributed by atoms with van der Waals surface area (Å²) in [5.41, 5.74) is 6.15. The summed E-state index contributed by atoms with van der Waals surface area (Å²) in [4.78, 5) is 26.3. The summed E-state index contributed by atoms with van der Waals surface area (Å²) < 4.78 is 27.9. The molecule has 2 N–H and O–H groups in total. The van der Waals surface area contributed by atoms with Gasteiger partial charge in [0.05, 0.1) is 21.7 Å². The van der Waals surface area contributed by atoms with E-state index in [1.807, 2.05) is 50.2 Å². The maximum atomic E-state index is 13.4. The first-order chi connectivity index (χ1) is 18.2. The first-order valence-corrected chi connectivity index (χ1v) is 13.4. The number of hydrogen-bond acceptors (Lipinski definition) is 6. The summed E-state index contributed by atoms with van der Waals surface area (Å²) in [6, 6.07) is 23.0. The van der Waals surface area contributed by atoms with Crippen LogP contribution in [0.4, 0.5) is 11.6 Å². The number of fused-ring (bicyclic) bond motifs is 1. The average molecular weight is 524 g/mol. The number of aryl methyl sites for hydroxylation is 3. The lowest BCUT2D eigenvalue weighted by molar-refractivity contribution is 0.102. The zero-order valence-corrected chi connectivity index (χ0v) is 21.9. The Bertz CT molecular complexity index is 1780. The number of aromatic nitrogens is 3. The van der Waals surface area contributed by atoms with Crippen LogP contribution in [0.15, 0.2) is 90.0 Å². The van der Waals surface area contributed by atoms with Crippen LogP contribution in [0.1, 0.15) is 27.2 Å². The molecule has 0 saturated carbocycles. The maximum Gasteiger partial charge on any atom is 0.264 e. The molecule has 2 heterocycles. The third-order valence-corrected chi connectivity index (χ3v) is 7.41. The van der Waals surface area contributed by atoms with Crippen LogP contribution in [0.3, 0.4) is 0 Å². The van der Waals surface area contributed by atoms with Crippen LogP contribution in [-0.4, -0.2) is 29.3 Å². The summed E-state index contributed by atoms with van der Waals surface area (Å²) in [7, 11) is -3.90. The molecule has 5 aromatic rings. The molecule has 0 bridgehead atoms. The monoisotopic (exact) mass is 523 g/mol. The topological polar surface area (TPSA) is 114 Å². The van der Waals surface area contributed by atoms with Crippen LogP contribution in [0.5, 0.6) is 0 Å². The van der Waals surface area contributed by atoms with E-state index in [1.54, 1.807) is 19.1 Å². The minimum Gasteiger partial charge on any atom is -0.322 e. The van der Waals surface area contributed by atoms with Gasteiger partial charge in [-0.15, -0.1) is 0 Å². The fraction of sp³-hybridized carbons (Fsp3) is 0.103. The Labute approximate surface area is 220 Å². The van der Waals surface area contributed by atoms with Gasteiger partial charge < -0.3 is 5.32 Å². The molecule has 2 aromatic heterocycles. The van der Waals surface area contributed by atoms with Crippen molar-refractivity contribution >= 4 is 38.5 Å². The first-order valence-electron chi connectivity index (χ1n) is 11.9. The molecule has 1 amide bonds. The standard InChI is InChI=1S/C29H25N5O3S/c1-18-8-13-23(19(2)16-18)27-17-25(24-6-4-5-7-26(24)33-27)28(35)32-21-9-11-22(12-10-21)38(36,37)34-29-30-15-14-20(3)31-29/h4-17H,1-3H3,(H,32,35)(H,30,31,34). The van der Waals surface area contributed by atoms with E-state index in [1.165, 1.54) is 30.5 Å². The Morgan fingerprint density at radius 3 is 2.34 bits per heavy atom. The van der Waals surface area contributed by atoms with Crippen molar-refractivity contribution in [2.45, 2.75) is 25.7 Å². The second-order valence-corrected chi connectivity index (χ2v) is 10.7. The SMILES string of the molecule is Cc1ccc(-c2cc(C(=O)Nc3ccc(S(=O)(=O)Nc4nccc(C)n4)cc3)c3ccccc3n2)c(C)c1. The minimum atomic E-state index is -3.90. The number of sulfonamides is 1. The Morgan fingerprint density at radius 2 is 1.61 bits per heavy atom. The maximum absolute atomic E-state index is 13.4. The van der Waals surface area contributed by atoms with Crippen LogP contribution in [-0.2, 0) is 10.0 Å². The van der Waals surface area contributed by atoms with Gasteiger partial charge in [0.2, 0.25) is 5.95 Å². The van der Waals surface area contributed by atoms with Crippen molar-refractivity contribution in [3.8, 4) is 11.3 Å². The molecule has 0 fully saturated rings. The third-order valence-electron chi connectivity index (χ3n) is 6.06. The number of anilines is 2. The Hall–Kier alpha value is -4.63. The Kier molecular flexibility index (Phi) is 6.61. The van der Waals surface area contributed by atoms with Crippen molar-refractivity contribution in [2.24, 2.45) is 0 Å². The second-order valence-electron chi connectivity index (χ2n) is 9.00. The van der Waals surface area contributed by atoms with Crippen molar-refractivity contribution in [3.63, 3.8) is 0 Å². The summed E-state index contributed by atoms with van der Waals surface area (Å²) in [6.45, 7) is 5.80. The fourth-order valence-electron chi connectivity index (χ4n) is 4.20. The van der Waals surface area contributed by atoms with E-state index in [-0.39, 0.29) is 16.8 Å². The van der Waals surface area contributed by atoms with Gasteiger partial charge in [0.15, 0.2) is 0 Å². The highest BCUT2D eigenvalue weighted by Gasteiger charge is 2.18. The van der Waals surface area contributed by atoms with Gasteiger partial charge in [-0.05, 0) is 68.8 Å². The second kappa shape index (κ2) is 10.0. The van der Waals surface area contributed by atoms with Crippen molar-refractivity contribution < 1.29 is 13.2 Å². The number of carbonyl (C=O) groups is 1. The van der Waals surface area contributed by atoms with Crippen molar-refractivity contribution in [3.05, 3.63) is 107 Å². The van der Waals surface area contributed by atoms with Crippen LogP contribution in [0, 0.1) is 20.8 Å². The number of carbonyl (C=O) groups excluding carboxylic acids is 1. The molecule has 0 saturated heterocycles. The number of pyridine rings is 1. The normalized spacial score (nSPS) is 11.3. The van der Waals surface area contributed by atoms with E-state index in [9.17, 15) is 13.2 Å². The average Bonchev–Trinajstić information content (AvgIpc) is 2.88. The van der Waals surface area contributed by atoms with E-state index in [0.29, 0.717) is 28.2 Å². The smallest absolute Gasteiger partial charge is 0.264 e. The molecule has 5 rings (SSSR count). The van der Waals surface area contributed by atoms with Crippen LogP contribution < -0.4 is 10.0 Å². The van der Waals surface area contributed by atoms with Crippen molar-refractivity contribution in [1.29, 1.82) is 0 Å². The zero-order valence-electron chi connectivity index (χ0n) is 21.1. The Morgan fingerprint density at radius 1 is 0.842 bits per heavy atom. The fourth-order valence-corrected chi connectivity index (χ4v) is 5.15. The minimum absolute atomic E-state index is 0.00781. The van der Waals surface area contributed by atoms with E-state index in [4.69, 9.17) is 4.98 Å². The molecule has 0 atom stereocenters. The highest BCUT2D eigenvalue weighted by atomic mass is 32.2. The van der Waals surface area contributed by atoms with Crippen LogP contribution >= 0.6 is 0 Å². The molecule has 0 aliphatic heterocycles. The number of rotatable bonds is 6. The molecule has 0 unspecified atom stereocenters.